The number of alkyl halides is 1. The van der Waals surface area contributed by atoms with Gasteiger partial charge in [0.15, 0.2) is 5.67 Å². The van der Waals surface area contributed by atoms with E-state index in [2.05, 4.69) is 6.58 Å². The largest absolute Gasteiger partial charge is 0.374 e. The second-order valence-corrected chi connectivity index (χ2v) is 4.57. The highest BCUT2D eigenvalue weighted by Crippen LogP contribution is 2.35. The number of para-hydroxylation sites is 1. The van der Waals surface area contributed by atoms with Crippen LogP contribution in [0.3, 0.4) is 0 Å². The third-order valence-electron chi connectivity index (χ3n) is 3.25. The monoisotopic (exact) mass is 243 g/mol. The van der Waals surface area contributed by atoms with E-state index in [1.165, 1.54) is 0 Å². The molecular weight excluding hydrogens is 229 g/mol. The van der Waals surface area contributed by atoms with Gasteiger partial charge >= 0.3 is 0 Å². The van der Waals surface area contributed by atoms with Crippen molar-refractivity contribution in [3.05, 3.63) is 66.5 Å². The molecule has 0 spiro atoms. The van der Waals surface area contributed by atoms with E-state index >= 15 is 0 Å². The van der Waals surface area contributed by atoms with Crippen molar-refractivity contribution in [2.24, 2.45) is 0 Å². The first-order valence-electron chi connectivity index (χ1n) is 5.89. The molecule has 0 N–H and O–H groups in total. The van der Waals surface area contributed by atoms with Crippen LogP contribution in [-0.2, 0) is 4.74 Å². The minimum absolute atomic E-state index is 0.137. The molecule has 0 aromatic heterocycles. The molecule has 92 valence electrons. The van der Waals surface area contributed by atoms with Crippen molar-refractivity contribution in [3.63, 3.8) is 0 Å². The standard InChI is InChI=1S/C15H14FNO/c1-12-7-8-13(15(16)10-18-11-15)9-17(12)14-5-3-2-4-6-14/h2-9H,1,10-11H2. The third-order valence-corrected chi connectivity index (χ3v) is 3.25. The summed E-state index contributed by atoms with van der Waals surface area (Å²) in [6.07, 6.45) is 5.42. The van der Waals surface area contributed by atoms with Crippen molar-refractivity contribution in [3.8, 4) is 0 Å². The highest BCUT2D eigenvalue weighted by atomic mass is 19.1. The van der Waals surface area contributed by atoms with E-state index in [4.69, 9.17) is 4.74 Å². The lowest BCUT2D eigenvalue weighted by atomic mass is 9.92. The Hall–Kier alpha value is -1.87. The zero-order valence-electron chi connectivity index (χ0n) is 9.97. The first-order chi connectivity index (χ1) is 8.69. The molecule has 0 atom stereocenters. The second kappa shape index (κ2) is 4.10. The Balaban J connectivity index is 1.95. The Bertz CT molecular complexity index is 529. The molecule has 3 rings (SSSR count). The lowest BCUT2D eigenvalue weighted by molar-refractivity contribution is -0.104. The first-order valence-corrected chi connectivity index (χ1v) is 5.89. The molecule has 0 amide bonds. The van der Waals surface area contributed by atoms with Crippen LogP contribution in [0.4, 0.5) is 10.1 Å². The Kier molecular flexibility index (Phi) is 2.56. The second-order valence-electron chi connectivity index (χ2n) is 4.57. The molecule has 3 heteroatoms. The smallest absolute Gasteiger partial charge is 0.183 e. The minimum Gasteiger partial charge on any atom is -0.374 e. The van der Waals surface area contributed by atoms with E-state index in [9.17, 15) is 4.39 Å². The van der Waals surface area contributed by atoms with Gasteiger partial charge in [-0.15, -0.1) is 0 Å². The molecule has 0 aliphatic carbocycles. The number of nitrogens with zero attached hydrogens (tertiary/aromatic N) is 1. The van der Waals surface area contributed by atoms with Gasteiger partial charge in [-0.05, 0) is 18.2 Å². The Morgan fingerprint density at radius 1 is 1.17 bits per heavy atom. The van der Waals surface area contributed by atoms with Gasteiger partial charge in [0.05, 0.1) is 13.2 Å². The summed E-state index contributed by atoms with van der Waals surface area (Å²) in [7, 11) is 0. The number of anilines is 1. The summed E-state index contributed by atoms with van der Waals surface area (Å²) >= 11 is 0. The SMILES string of the molecule is C=C1C=CC(C2(F)COC2)=CN1c1ccccc1. The zero-order chi connectivity index (χ0) is 12.6. The summed E-state index contributed by atoms with van der Waals surface area (Å²) in [5, 5.41) is 0. The van der Waals surface area contributed by atoms with E-state index in [-0.39, 0.29) is 13.2 Å². The molecule has 2 heterocycles. The van der Waals surface area contributed by atoms with Crippen LogP contribution in [0.25, 0.3) is 0 Å². The molecular formula is C15H14FNO. The summed E-state index contributed by atoms with van der Waals surface area (Å²) in [6, 6.07) is 9.80. The highest BCUT2D eigenvalue weighted by molar-refractivity contribution is 5.61. The molecule has 2 aliphatic rings. The zero-order valence-corrected chi connectivity index (χ0v) is 9.97. The minimum atomic E-state index is -1.34. The molecule has 1 fully saturated rings. The Morgan fingerprint density at radius 3 is 2.50 bits per heavy atom. The first kappa shape index (κ1) is 11.2. The average Bonchev–Trinajstić information content (AvgIpc) is 2.37. The van der Waals surface area contributed by atoms with E-state index in [0.717, 1.165) is 11.4 Å². The third kappa shape index (κ3) is 1.77. The quantitative estimate of drug-likeness (QED) is 0.791. The summed E-state index contributed by atoms with van der Waals surface area (Å²) in [4.78, 5) is 1.90. The highest BCUT2D eigenvalue weighted by Gasteiger charge is 2.42. The van der Waals surface area contributed by atoms with Crippen molar-refractivity contribution >= 4 is 5.69 Å². The predicted octanol–water partition coefficient (Wildman–Crippen LogP) is 3.20. The molecule has 0 unspecified atom stereocenters. The average molecular weight is 243 g/mol. The van der Waals surface area contributed by atoms with Gasteiger partial charge in [-0.2, -0.15) is 0 Å². The van der Waals surface area contributed by atoms with E-state index < -0.39 is 5.67 Å². The lowest BCUT2D eigenvalue weighted by Crippen LogP contribution is -2.47. The van der Waals surface area contributed by atoms with Crippen LogP contribution in [-0.4, -0.2) is 18.9 Å². The summed E-state index contributed by atoms with van der Waals surface area (Å²) in [5.41, 5.74) is 1.11. The van der Waals surface area contributed by atoms with E-state index in [0.29, 0.717) is 5.57 Å². The van der Waals surface area contributed by atoms with Crippen molar-refractivity contribution in [2.75, 3.05) is 18.1 Å². The fourth-order valence-corrected chi connectivity index (χ4v) is 2.07. The Labute approximate surface area is 106 Å². The Morgan fingerprint density at radius 2 is 1.89 bits per heavy atom. The fraction of sp³-hybridized carbons (Fsp3) is 0.200. The predicted molar refractivity (Wildman–Crippen MR) is 69.9 cm³/mol. The van der Waals surface area contributed by atoms with Gasteiger partial charge < -0.3 is 9.64 Å². The van der Waals surface area contributed by atoms with Gasteiger partial charge in [-0.3, -0.25) is 0 Å². The van der Waals surface area contributed by atoms with Gasteiger partial charge in [0.2, 0.25) is 0 Å². The van der Waals surface area contributed by atoms with Crippen molar-refractivity contribution in [2.45, 2.75) is 5.67 Å². The molecule has 2 nitrogen and oxygen atoms in total. The maximum atomic E-state index is 14.3. The number of benzene rings is 1. The van der Waals surface area contributed by atoms with Crippen LogP contribution in [0.5, 0.6) is 0 Å². The molecule has 1 aromatic rings. The molecule has 1 saturated heterocycles. The van der Waals surface area contributed by atoms with Crippen molar-refractivity contribution in [1.29, 1.82) is 0 Å². The number of hydrogen-bond acceptors (Lipinski definition) is 2. The van der Waals surface area contributed by atoms with Crippen molar-refractivity contribution < 1.29 is 9.13 Å². The summed E-state index contributed by atoms with van der Waals surface area (Å²) < 4.78 is 19.3. The number of hydrogen-bond donors (Lipinski definition) is 0. The maximum Gasteiger partial charge on any atom is 0.183 e. The van der Waals surface area contributed by atoms with Crippen LogP contribution in [0.1, 0.15) is 0 Å². The maximum absolute atomic E-state index is 14.3. The molecule has 0 saturated carbocycles. The molecule has 18 heavy (non-hydrogen) atoms. The van der Waals surface area contributed by atoms with Crippen LogP contribution in [0.2, 0.25) is 0 Å². The van der Waals surface area contributed by atoms with Crippen LogP contribution >= 0.6 is 0 Å². The van der Waals surface area contributed by atoms with Gasteiger partial charge in [0.1, 0.15) is 0 Å². The fourth-order valence-electron chi connectivity index (χ4n) is 2.07. The molecule has 2 aliphatic heterocycles. The normalized spacial score (nSPS) is 21.5. The number of ether oxygens (including phenoxy) is 1. The van der Waals surface area contributed by atoms with Crippen molar-refractivity contribution in [1.82, 2.24) is 0 Å². The topological polar surface area (TPSA) is 12.5 Å². The van der Waals surface area contributed by atoms with Crippen LogP contribution < -0.4 is 4.90 Å². The van der Waals surface area contributed by atoms with Gasteiger partial charge in [0.25, 0.3) is 0 Å². The molecule has 1 aromatic carbocycles. The number of rotatable bonds is 2. The van der Waals surface area contributed by atoms with E-state index in [1.54, 1.807) is 12.3 Å². The van der Waals surface area contributed by atoms with Gasteiger partial charge in [-0.25, -0.2) is 4.39 Å². The number of allylic oxidation sites excluding steroid dienone is 2. The van der Waals surface area contributed by atoms with Gasteiger partial charge in [-0.1, -0.05) is 30.9 Å². The summed E-state index contributed by atoms with van der Waals surface area (Å²) in [6.45, 7) is 4.25. The van der Waals surface area contributed by atoms with Crippen LogP contribution in [0.15, 0.2) is 66.5 Å². The van der Waals surface area contributed by atoms with Crippen LogP contribution in [0, 0.1) is 0 Å². The lowest BCUT2D eigenvalue weighted by Gasteiger charge is -2.37. The molecule has 0 radical (unpaired) electrons. The molecule has 0 bridgehead atoms. The van der Waals surface area contributed by atoms with Gasteiger partial charge in [0, 0.05) is 23.2 Å². The van der Waals surface area contributed by atoms with E-state index in [1.807, 2.05) is 41.3 Å². The number of halogens is 1. The summed E-state index contributed by atoms with van der Waals surface area (Å²) in [5.74, 6) is 0.